The van der Waals surface area contributed by atoms with Crippen molar-refractivity contribution in [3.63, 3.8) is 0 Å². The Morgan fingerprint density at radius 3 is 2.64 bits per heavy atom. The summed E-state index contributed by atoms with van der Waals surface area (Å²) >= 11 is 1.45. The van der Waals surface area contributed by atoms with E-state index in [2.05, 4.69) is 15.3 Å². The fraction of sp³-hybridized carbons (Fsp3) is 0.333. The first-order chi connectivity index (χ1) is 12.2. The van der Waals surface area contributed by atoms with E-state index in [0.717, 1.165) is 12.0 Å². The van der Waals surface area contributed by atoms with Crippen LogP contribution in [-0.2, 0) is 4.79 Å². The van der Waals surface area contributed by atoms with Crippen LogP contribution in [0.4, 0.5) is 4.79 Å². The first kappa shape index (κ1) is 17.4. The zero-order valence-corrected chi connectivity index (χ0v) is 14.8. The number of nitrogens with one attached hydrogen (secondary N) is 1. The Morgan fingerprint density at radius 1 is 1.28 bits per heavy atom. The number of thioether (sulfide) groups is 1. The van der Waals surface area contributed by atoms with Gasteiger partial charge < -0.3 is 5.32 Å². The number of rotatable bonds is 6. The number of carbonyl (C=O) groups excluding carboxylic acids is 2. The molecule has 1 aromatic carbocycles. The van der Waals surface area contributed by atoms with E-state index in [-0.39, 0.29) is 24.0 Å². The van der Waals surface area contributed by atoms with E-state index in [1.165, 1.54) is 16.7 Å². The van der Waals surface area contributed by atoms with Gasteiger partial charge in [-0.2, -0.15) is 0 Å². The number of β-lactam (4-membered cyclic amide) rings is 1. The summed E-state index contributed by atoms with van der Waals surface area (Å²) in [5, 5.41) is 3.62. The molecule has 0 radical (unpaired) electrons. The number of amides is 3. The minimum Gasteiger partial charge on any atom is -0.331 e. The molecular weight excluding hydrogens is 336 g/mol. The molecule has 2 heterocycles. The molecule has 2 atom stereocenters. The van der Waals surface area contributed by atoms with Gasteiger partial charge in [-0.25, -0.2) is 14.8 Å². The van der Waals surface area contributed by atoms with Crippen molar-refractivity contribution >= 4 is 23.7 Å². The minimum absolute atomic E-state index is 0.104. The van der Waals surface area contributed by atoms with Gasteiger partial charge in [-0.1, -0.05) is 49.0 Å². The van der Waals surface area contributed by atoms with Gasteiger partial charge in [0.15, 0.2) is 5.16 Å². The highest BCUT2D eigenvalue weighted by Crippen LogP contribution is 2.26. The summed E-state index contributed by atoms with van der Waals surface area (Å²) in [7, 11) is 0. The maximum absolute atomic E-state index is 12.6. The first-order valence-corrected chi connectivity index (χ1v) is 9.25. The van der Waals surface area contributed by atoms with E-state index < -0.39 is 0 Å². The van der Waals surface area contributed by atoms with Crippen molar-refractivity contribution in [1.29, 1.82) is 0 Å². The summed E-state index contributed by atoms with van der Waals surface area (Å²) in [6.07, 6.45) is 4.50. The molecule has 1 aromatic heterocycles. The lowest BCUT2D eigenvalue weighted by atomic mass is 10.0. The molecule has 0 bridgehead atoms. The second-order valence-corrected chi connectivity index (χ2v) is 6.77. The molecule has 1 N–H and O–H groups in total. The zero-order chi connectivity index (χ0) is 17.6. The summed E-state index contributed by atoms with van der Waals surface area (Å²) < 4.78 is 0. The van der Waals surface area contributed by atoms with E-state index in [9.17, 15) is 9.59 Å². The summed E-state index contributed by atoms with van der Waals surface area (Å²) in [5.41, 5.74) is 1.04. The molecule has 0 unspecified atom stereocenters. The smallest absolute Gasteiger partial charge is 0.324 e. The Bertz CT molecular complexity index is 726. The molecule has 3 rings (SSSR count). The molecule has 25 heavy (non-hydrogen) atoms. The number of hydrogen-bond acceptors (Lipinski definition) is 5. The van der Waals surface area contributed by atoms with E-state index in [1.54, 1.807) is 18.5 Å². The molecule has 3 amide bonds. The lowest BCUT2D eigenvalue weighted by molar-refractivity contribution is -0.139. The van der Waals surface area contributed by atoms with E-state index in [1.807, 2.05) is 37.3 Å². The number of urea groups is 1. The summed E-state index contributed by atoms with van der Waals surface area (Å²) in [4.78, 5) is 34.1. The van der Waals surface area contributed by atoms with Crippen molar-refractivity contribution in [2.24, 2.45) is 0 Å². The van der Waals surface area contributed by atoms with Crippen LogP contribution in [0.25, 0.3) is 0 Å². The third-order valence-electron chi connectivity index (χ3n) is 4.12. The topological polar surface area (TPSA) is 75.2 Å². The highest BCUT2D eigenvalue weighted by Gasteiger charge is 2.41. The van der Waals surface area contributed by atoms with E-state index in [4.69, 9.17) is 0 Å². The Labute approximate surface area is 151 Å². The maximum atomic E-state index is 12.6. The molecule has 6 nitrogen and oxygen atoms in total. The molecule has 0 saturated carbocycles. The van der Waals surface area contributed by atoms with Crippen molar-refractivity contribution in [3.05, 3.63) is 54.4 Å². The minimum atomic E-state index is -0.327. The van der Waals surface area contributed by atoms with Crippen molar-refractivity contribution in [1.82, 2.24) is 20.2 Å². The second kappa shape index (κ2) is 8.11. The van der Waals surface area contributed by atoms with Gasteiger partial charge in [0.1, 0.15) is 0 Å². The van der Waals surface area contributed by atoms with Gasteiger partial charge in [-0.05, 0) is 18.1 Å². The van der Waals surface area contributed by atoms with Gasteiger partial charge in [0.05, 0.1) is 12.1 Å². The number of carbonyl (C=O) groups is 2. The SMILES string of the molecule is CC[C@H](NC(=O)N1C(=O)C[C@@H]1CSc1ncccn1)c1ccccc1. The van der Waals surface area contributed by atoms with E-state index >= 15 is 0 Å². The average molecular weight is 356 g/mol. The normalized spacial score (nSPS) is 17.7. The number of nitrogens with zero attached hydrogens (tertiary/aromatic N) is 3. The Morgan fingerprint density at radius 2 is 2.00 bits per heavy atom. The van der Waals surface area contributed by atoms with Crippen molar-refractivity contribution in [2.75, 3.05) is 5.75 Å². The molecule has 0 spiro atoms. The van der Waals surface area contributed by atoms with Crippen molar-refractivity contribution < 1.29 is 9.59 Å². The predicted molar refractivity (Wildman–Crippen MR) is 96.0 cm³/mol. The molecule has 1 saturated heterocycles. The third-order valence-corrected chi connectivity index (χ3v) is 5.14. The molecule has 130 valence electrons. The van der Waals surface area contributed by atoms with Crippen LogP contribution in [0.1, 0.15) is 31.4 Å². The average Bonchev–Trinajstić information content (AvgIpc) is 2.64. The van der Waals surface area contributed by atoms with Gasteiger partial charge in [0, 0.05) is 24.6 Å². The zero-order valence-electron chi connectivity index (χ0n) is 14.0. The Balaban J connectivity index is 1.59. The number of hydrogen-bond donors (Lipinski definition) is 1. The third kappa shape index (κ3) is 4.17. The number of benzene rings is 1. The maximum Gasteiger partial charge on any atom is 0.324 e. The van der Waals surface area contributed by atoms with Gasteiger partial charge in [0.25, 0.3) is 0 Å². The summed E-state index contributed by atoms with van der Waals surface area (Å²) in [5.74, 6) is 0.464. The predicted octanol–water partition coefficient (Wildman–Crippen LogP) is 3.03. The van der Waals surface area contributed by atoms with Crippen LogP contribution in [0.3, 0.4) is 0 Å². The van der Waals surface area contributed by atoms with Gasteiger partial charge in [-0.3, -0.25) is 9.69 Å². The van der Waals surface area contributed by atoms with Gasteiger partial charge in [-0.15, -0.1) is 0 Å². The van der Waals surface area contributed by atoms with Crippen LogP contribution in [0.15, 0.2) is 53.9 Å². The molecule has 7 heteroatoms. The van der Waals surface area contributed by atoms with Crippen molar-refractivity contribution in [2.45, 2.75) is 37.0 Å². The first-order valence-electron chi connectivity index (χ1n) is 8.26. The van der Waals surface area contributed by atoms with Gasteiger partial charge >= 0.3 is 6.03 Å². The van der Waals surface area contributed by atoms with Crippen LogP contribution in [0, 0.1) is 0 Å². The van der Waals surface area contributed by atoms with Crippen LogP contribution in [-0.4, -0.2) is 38.6 Å². The van der Waals surface area contributed by atoms with E-state index in [0.29, 0.717) is 17.3 Å². The quantitative estimate of drug-likeness (QED) is 0.489. The lowest BCUT2D eigenvalue weighted by Gasteiger charge is -2.39. The Hall–Kier alpha value is -2.41. The highest BCUT2D eigenvalue weighted by atomic mass is 32.2. The highest BCUT2D eigenvalue weighted by molar-refractivity contribution is 7.99. The number of imide groups is 1. The van der Waals surface area contributed by atoms with Crippen molar-refractivity contribution in [3.8, 4) is 0 Å². The van der Waals surface area contributed by atoms with Crippen LogP contribution >= 0.6 is 11.8 Å². The largest absolute Gasteiger partial charge is 0.331 e. The summed E-state index contributed by atoms with van der Waals surface area (Å²) in [6, 6.07) is 11.0. The summed E-state index contributed by atoms with van der Waals surface area (Å²) in [6.45, 7) is 2.01. The fourth-order valence-electron chi connectivity index (χ4n) is 2.75. The fourth-order valence-corrected chi connectivity index (χ4v) is 3.63. The van der Waals surface area contributed by atoms with Crippen LogP contribution in [0.5, 0.6) is 0 Å². The number of likely N-dealkylation sites (tertiary alicyclic amines) is 1. The Kier molecular flexibility index (Phi) is 5.65. The van der Waals surface area contributed by atoms with Crippen LogP contribution < -0.4 is 5.32 Å². The monoisotopic (exact) mass is 356 g/mol. The molecule has 1 aliphatic heterocycles. The molecule has 0 aliphatic carbocycles. The van der Waals surface area contributed by atoms with Crippen LogP contribution in [0.2, 0.25) is 0 Å². The molecular formula is C18H20N4O2S. The lowest BCUT2D eigenvalue weighted by Crippen LogP contribution is -2.60. The van der Waals surface area contributed by atoms with Gasteiger partial charge in [0.2, 0.25) is 5.91 Å². The standard InChI is InChI=1S/C18H20N4O2S/c1-2-15(13-7-4-3-5-8-13)21-18(24)22-14(11-16(22)23)12-25-17-19-9-6-10-20-17/h3-10,14-15H,2,11-12H2,1H3,(H,21,24)/t14-,15+/m1/s1. The number of aromatic nitrogens is 2. The molecule has 2 aromatic rings. The molecule has 1 fully saturated rings. The molecule has 1 aliphatic rings. The second-order valence-electron chi connectivity index (χ2n) is 5.79.